The number of carboxylic acid groups (broad SMARTS) is 2. The molecule has 0 fully saturated rings. The number of nitrogens with zero attached hydrogens (tertiary/aromatic N) is 1. The molecule has 1 aliphatic rings. The Bertz CT molecular complexity index is 1480. The zero-order valence-electron chi connectivity index (χ0n) is 20.8. The number of benzene rings is 3. The SMILES string of the molecule is CC(C)(C)O.Cc1cc2cc(C(=O)O)ccc2c(-c2ccc3c4c(ccnc24)CCO3)c1CC(=O)O. The second kappa shape index (κ2) is 9.59. The Hall–Kier alpha value is -3.97. The number of fused-ring (bicyclic) bond motifs is 1. The molecule has 0 saturated carbocycles. The van der Waals surface area contributed by atoms with Gasteiger partial charge in [-0.1, -0.05) is 12.1 Å². The van der Waals surface area contributed by atoms with Gasteiger partial charge in [0.25, 0.3) is 0 Å². The summed E-state index contributed by atoms with van der Waals surface area (Å²) >= 11 is 0. The van der Waals surface area contributed by atoms with Gasteiger partial charge in [0.1, 0.15) is 5.75 Å². The second-order valence-corrected chi connectivity index (χ2v) is 9.93. The lowest BCUT2D eigenvalue weighted by Crippen LogP contribution is -2.10. The van der Waals surface area contributed by atoms with Crippen molar-refractivity contribution in [3.8, 4) is 16.9 Å². The fraction of sp³-hybridized carbons (Fsp3) is 0.276. The zero-order valence-corrected chi connectivity index (χ0v) is 20.8. The van der Waals surface area contributed by atoms with Crippen molar-refractivity contribution in [2.75, 3.05) is 6.61 Å². The number of ether oxygens (including phenoxy) is 1. The highest BCUT2D eigenvalue weighted by atomic mass is 16.5. The van der Waals surface area contributed by atoms with Crippen LogP contribution in [0.15, 0.2) is 48.7 Å². The van der Waals surface area contributed by atoms with E-state index in [2.05, 4.69) is 4.98 Å². The third-order valence-electron chi connectivity index (χ3n) is 5.88. The van der Waals surface area contributed by atoms with E-state index >= 15 is 0 Å². The number of aromatic nitrogens is 1. The summed E-state index contributed by atoms with van der Waals surface area (Å²) in [6.07, 6.45) is 2.42. The van der Waals surface area contributed by atoms with Crippen LogP contribution in [0.1, 0.15) is 47.8 Å². The van der Waals surface area contributed by atoms with Gasteiger partial charge >= 0.3 is 11.9 Å². The number of carbonyl (C=O) groups is 2. The van der Waals surface area contributed by atoms with Crippen molar-refractivity contribution in [1.82, 2.24) is 4.98 Å². The van der Waals surface area contributed by atoms with Crippen LogP contribution in [0.4, 0.5) is 0 Å². The van der Waals surface area contributed by atoms with Gasteiger partial charge in [-0.3, -0.25) is 9.78 Å². The summed E-state index contributed by atoms with van der Waals surface area (Å²) in [5, 5.41) is 30.0. The third kappa shape index (κ3) is 5.16. The predicted molar refractivity (Wildman–Crippen MR) is 139 cm³/mol. The van der Waals surface area contributed by atoms with Crippen molar-refractivity contribution < 1.29 is 29.6 Å². The van der Waals surface area contributed by atoms with Crippen molar-refractivity contribution in [3.05, 3.63) is 70.9 Å². The molecular weight excluding hydrogens is 458 g/mol. The van der Waals surface area contributed by atoms with Crippen LogP contribution in [0.2, 0.25) is 0 Å². The number of aromatic carboxylic acids is 1. The standard InChI is InChI=1S/C25H19NO5.C4H10O/c1-13-10-16-11-15(25(29)30)2-3-17(16)23(19(13)12-21(27)28)18-4-5-20-22-14(7-9-31-20)6-8-26-24(18)22;1-4(2,3)5/h2-6,8,10-11H,7,9,12H2,1H3,(H,27,28)(H,29,30);5H,1-3H3. The first-order valence-corrected chi connectivity index (χ1v) is 11.7. The van der Waals surface area contributed by atoms with E-state index in [-0.39, 0.29) is 12.0 Å². The van der Waals surface area contributed by atoms with Gasteiger partial charge in [0.2, 0.25) is 0 Å². The molecule has 186 valence electrons. The lowest BCUT2D eigenvalue weighted by Gasteiger charge is -2.21. The minimum absolute atomic E-state index is 0.142. The van der Waals surface area contributed by atoms with E-state index in [1.54, 1.807) is 45.2 Å². The van der Waals surface area contributed by atoms with Crippen LogP contribution < -0.4 is 4.74 Å². The van der Waals surface area contributed by atoms with Gasteiger partial charge in [0.15, 0.2) is 0 Å². The number of aliphatic carboxylic acids is 1. The molecule has 3 aromatic carbocycles. The van der Waals surface area contributed by atoms with Crippen LogP contribution in [0.25, 0.3) is 32.8 Å². The van der Waals surface area contributed by atoms with Gasteiger partial charge in [0.05, 0.1) is 29.7 Å². The summed E-state index contributed by atoms with van der Waals surface area (Å²) in [7, 11) is 0. The number of aryl methyl sites for hydroxylation is 1. The first kappa shape index (κ1) is 25.1. The molecule has 0 atom stereocenters. The molecule has 0 aliphatic carbocycles. The van der Waals surface area contributed by atoms with Gasteiger partial charge in [0, 0.05) is 23.6 Å². The maximum absolute atomic E-state index is 11.7. The van der Waals surface area contributed by atoms with E-state index in [1.807, 2.05) is 31.2 Å². The van der Waals surface area contributed by atoms with Crippen molar-refractivity contribution in [2.24, 2.45) is 0 Å². The molecule has 0 radical (unpaired) electrons. The van der Waals surface area contributed by atoms with Crippen LogP contribution in [-0.4, -0.2) is 44.5 Å². The third-order valence-corrected chi connectivity index (χ3v) is 5.88. The minimum atomic E-state index is -1.00. The van der Waals surface area contributed by atoms with E-state index in [0.717, 1.165) is 56.1 Å². The van der Waals surface area contributed by atoms with Crippen LogP contribution in [0, 0.1) is 6.92 Å². The monoisotopic (exact) mass is 487 g/mol. The Morgan fingerprint density at radius 1 is 1.06 bits per heavy atom. The lowest BCUT2D eigenvalue weighted by atomic mass is 9.86. The summed E-state index contributed by atoms with van der Waals surface area (Å²) in [4.78, 5) is 27.8. The molecule has 7 nitrogen and oxygen atoms in total. The Balaban J connectivity index is 0.000000556. The highest BCUT2D eigenvalue weighted by Crippen LogP contribution is 2.42. The minimum Gasteiger partial charge on any atom is -0.493 e. The van der Waals surface area contributed by atoms with Crippen LogP contribution in [-0.2, 0) is 17.6 Å². The molecule has 36 heavy (non-hydrogen) atoms. The van der Waals surface area contributed by atoms with E-state index < -0.39 is 17.5 Å². The largest absolute Gasteiger partial charge is 0.493 e. The van der Waals surface area contributed by atoms with Crippen LogP contribution >= 0.6 is 0 Å². The van der Waals surface area contributed by atoms with E-state index in [9.17, 15) is 19.8 Å². The fourth-order valence-electron chi connectivity index (χ4n) is 4.51. The Labute approximate surface area is 209 Å². The first-order valence-electron chi connectivity index (χ1n) is 11.7. The summed E-state index contributed by atoms with van der Waals surface area (Å²) in [6, 6.07) is 12.6. The molecule has 2 heterocycles. The molecule has 5 rings (SSSR count). The molecule has 0 amide bonds. The van der Waals surface area contributed by atoms with Crippen LogP contribution in [0.3, 0.4) is 0 Å². The van der Waals surface area contributed by atoms with Gasteiger partial charge < -0.3 is 20.1 Å². The van der Waals surface area contributed by atoms with Crippen molar-refractivity contribution in [2.45, 2.75) is 46.1 Å². The quantitative estimate of drug-likeness (QED) is 0.353. The van der Waals surface area contributed by atoms with Crippen molar-refractivity contribution >= 4 is 33.6 Å². The summed E-state index contributed by atoms with van der Waals surface area (Å²) in [6.45, 7) is 7.70. The molecule has 4 aromatic rings. The first-order chi connectivity index (χ1) is 16.9. The molecular formula is C29H29NO6. The van der Waals surface area contributed by atoms with Gasteiger partial charge in [-0.15, -0.1) is 0 Å². The molecule has 7 heteroatoms. The maximum Gasteiger partial charge on any atom is 0.335 e. The average molecular weight is 488 g/mol. The smallest absolute Gasteiger partial charge is 0.335 e. The average Bonchev–Trinajstić information content (AvgIpc) is 2.79. The Morgan fingerprint density at radius 3 is 2.44 bits per heavy atom. The second-order valence-electron chi connectivity index (χ2n) is 9.93. The number of hydrogen-bond donors (Lipinski definition) is 3. The maximum atomic E-state index is 11.7. The number of hydrogen-bond acceptors (Lipinski definition) is 5. The number of carboxylic acids is 2. The summed E-state index contributed by atoms with van der Waals surface area (Å²) in [5.41, 5.74) is 4.68. The van der Waals surface area contributed by atoms with Gasteiger partial charge in [-0.2, -0.15) is 0 Å². The summed E-state index contributed by atoms with van der Waals surface area (Å²) in [5.74, 6) is -1.15. The molecule has 0 bridgehead atoms. The fourth-order valence-corrected chi connectivity index (χ4v) is 4.51. The molecule has 1 aliphatic heterocycles. The summed E-state index contributed by atoms with van der Waals surface area (Å²) < 4.78 is 5.84. The number of rotatable bonds is 4. The zero-order chi connectivity index (χ0) is 26.2. The van der Waals surface area contributed by atoms with E-state index in [4.69, 9.17) is 9.84 Å². The van der Waals surface area contributed by atoms with Crippen molar-refractivity contribution in [1.29, 1.82) is 0 Å². The van der Waals surface area contributed by atoms with Gasteiger partial charge in [-0.25, -0.2) is 4.79 Å². The molecule has 3 N–H and O–H groups in total. The van der Waals surface area contributed by atoms with E-state index in [1.165, 1.54) is 0 Å². The molecule has 0 unspecified atom stereocenters. The number of aliphatic hydroxyl groups is 1. The Morgan fingerprint density at radius 2 is 1.78 bits per heavy atom. The molecule has 1 aromatic heterocycles. The Kier molecular flexibility index (Phi) is 6.69. The van der Waals surface area contributed by atoms with E-state index in [0.29, 0.717) is 12.2 Å². The lowest BCUT2D eigenvalue weighted by molar-refractivity contribution is -0.136. The predicted octanol–water partition coefficient (Wildman–Crippen LogP) is 5.40. The highest BCUT2D eigenvalue weighted by Gasteiger charge is 2.22. The number of pyridine rings is 1. The topological polar surface area (TPSA) is 117 Å². The normalized spacial score (nSPS) is 12.6. The molecule has 0 spiro atoms. The molecule has 0 saturated heterocycles. The van der Waals surface area contributed by atoms with Gasteiger partial charge in [-0.05, 0) is 91.1 Å². The van der Waals surface area contributed by atoms with Crippen LogP contribution in [0.5, 0.6) is 5.75 Å². The highest BCUT2D eigenvalue weighted by molar-refractivity contribution is 6.09. The van der Waals surface area contributed by atoms with Crippen molar-refractivity contribution in [3.63, 3.8) is 0 Å².